The Kier molecular flexibility index (Phi) is 3.33. The lowest BCUT2D eigenvalue weighted by Crippen LogP contribution is -2.43. The van der Waals surface area contributed by atoms with Crippen LogP contribution in [-0.4, -0.2) is 14.0 Å². The Hall–Kier alpha value is -1.14. The van der Waals surface area contributed by atoms with E-state index in [0.29, 0.717) is 0 Å². The zero-order valence-electron chi connectivity index (χ0n) is 10.2. The minimum absolute atomic E-state index is 0.00882. The number of benzene rings is 1. The Morgan fingerprint density at radius 1 is 1.33 bits per heavy atom. The Morgan fingerprint density at radius 3 is 2.50 bits per heavy atom. The van der Waals surface area contributed by atoms with Gasteiger partial charge in [0.1, 0.15) is 5.82 Å². The fraction of sp³-hybridized carbons (Fsp3) is 0.500. The smallest absolute Gasteiger partial charge is 0.241 e. The van der Waals surface area contributed by atoms with E-state index in [1.54, 1.807) is 0 Å². The molecule has 0 saturated heterocycles. The van der Waals surface area contributed by atoms with Crippen LogP contribution in [0.25, 0.3) is 0 Å². The van der Waals surface area contributed by atoms with E-state index in [-0.39, 0.29) is 10.6 Å². The van der Waals surface area contributed by atoms with Crippen molar-refractivity contribution in [3.63, 3.8) is 0 Å². The fourth-order valence-corrected chi connectivity index (χ4v) is 3.83. The number of halogens is 1. The van der Waals surface area contributed by atoms with Gasteiger partial charge >= 0.3 is 0 Å². The summed E-state index contributed by atoms with van der Waals surface area (Å²) in [4.78, 5) is 0.00882. The molecule has 0 amide bonds. The molecule has 1 fully saturated rings. The summed E-state index contributed by atoms with van der Waals surface area (Å²) in [6.45, 7) is 1.89. The molecule has 6 heteroatoms. The zero-order valence-corrected chi connectivity index (χ0v) is 11.1. The van der Waals surface area contributed by atoms with E-state index >= 15 is 0 Å². The SMILES string of the molecule is CC1(NS(=O)(=O)c2ccc(F)c(N)c2)CCCC1. The molecule has 18 heavy (non-hydrogen) atoms. The normalized spacial score (nSPS) is 19.0. The second kappa shape index (κ2) is 4.51. The lowest BCUT2D eigenvalue weighted by Gasteiger charge is -2.24. The third-order valence-electron chi connectivity index (χ3n) is 3.37. The minimum Gasteiger partial charge on any atom is -0.396 e. The molecule has 0 spiro atoms. The molecule has 0 bridgehead atoms. The number of nitrogens with one attached hydrogen (secondary N) is 1. The number of nitrogen functional groups attached to an aromatic ring is 1. The number of hydrogen-bond acceptors (Lipinski definition) is 3. The van der Waals surface area contributed by atoms with E-state index in [2.05, 4.69) is 4.72 Å². The van der Waals surface area contributed by atoms with Crippen molar-refractivity contribution in [3.8, 4) is 0 Å². The molecule has 1 aromatic rings. The van der Waals surface area contributed by atoms with Gasteiger partial charge in [-0.15, -0.1) is 0 Å². The van der Waals surface area contributed by atoms with E-state index in [9.17, 15) is 12.8 Å². The van der Waals surface area contributed by atoms with Gasteiger partial charge in [0.25, 0.3) is 0 Å². The fourth-order valence-electron chi connectivity index (χ4n) is 2.33. The maximum atomic E-state index is 13.0. The summed E-state index contributed by atoms with van der Waals surface area (Å²) in [6.07, 6.45) is 3.68. The number of hydrogen-bond donors (Lipinski definition) is 2. The molecule has 2 rings (SSSR count). The highest BCUT2D eigenvalue weighted by atomic mass is 32.2. The first kappa shape index (κ1) is 13.3. The van der Waals surface area contributed by atoms with Crippen LogP contribution < -0.4 is 10.5 Å². The van der Waals surface area contributed by atoms with Crippen LogP contribution in [-0.2, 0) is 10.0 Å². The van der Waals surface area contributed by atoms with Crippen molar-refractivity contribution in [3.05, 3.63) is 24.0 Å². The van der Waals surface area contributed by atoms with Crippen molar-refractivity contribution in [1.29, 1.82) is 0 Å². The third-order valence-corrected chi connectivity index (χ3v) is 5.00. The van der Waals surface area contributed by atoms with Gasteiger partial charge in [0.2, 0.25) is 10.0 Å². The third kappa shape index (κ3) is 2.64. The van der Waals surface area contributed by atoms with E-state index in [1.165, 1.54) is 6.07 Å². The summed E-state index contributed by atoms with van der Waals surface area (Å²) >= 11 is 0. The molecule has 0 heterocycles. The van der Waals surface area contributed by atoms with Crippen molar-refractivity contribution in [1.82, 2.24) is 4.72 Å². The van der Waals surface area contributed by atoms with Crippen LogP contribution in [0.3, 0.4) is 0 Å². The first-order valence-electron chi connectivity index (χ1n) is 5.91. The maximum absolute atomic E-state index is 13.0. The van der Waals surface area contributed by atoms with Crippen LogP contribution >= 0.6 is 0 Å². The largest absolute Gasteiger partial charge is 0.396 e. The summed E-state index contributed by atoms with van der Waals surface area (Å²) in [7, 11) is -3.64. The molecule has 1 aliphatic rings. The summed E-state index contributed by atoms with van der Waals surface area (Å²) in [6, 6.07) is 3.45. The van der Waals surface area contributed by atoms with Crippen LogP contribution in [0, 0.1) is 5.82 Å². The molecule has 0 aliphatic heterocycles. The summed E-state index contributed by atoms with van der Waals surface area (Å²) in [5.74, 6) is -0.610. The predicted octanol–water partition coefficient (Wildman–Crippen LogP) is 2.02. The number of sulfonamides is 1. The number of rotatable bonds is 3. The molecule has 0 radical (unpaired) electrons. The van der Waals surface area contributed by atoms with Crippen molar-refractivity contribution < 1.29 is 12.8 Å². The molecule has 3 N–H and O–H groups in total. The molecule has 0 aromatic heterocycles. The highest BCUT2D eigenvalue weighted by Crippen LogP contribution is 2.30. The van der Waals surface area contributed by atoms with E-state index in [1.807, 2.05) is 6.92 Å². The lowest BCUT2D eigenvalue weighted by molar-refractivity contribution is 0.427. The standard InChI is InChI=1S/C12H17FN2O2S/c1-12(6-2-3-7-12)15-18(16,17)9-4-5-10(13)11(14)8-9/h4-5,8,15H,2-3,6-7,14H2,1H3. The molecular formula is C12H17FN2O2S. The highest BCUT2D eigenvalue weighted by Gasteiger charge is 2.33. The van der Waals surface area contributed by atoms with Gasteiger partial charge in [-0.1, -0.05) is 12.8 Å². The van der Waals surface area contributed by atoms with Crippen LogP contribution in [0.5, 0.6) is 0 Å². The number of nitrogens with two attached hydrogens (primary N) is 1. The molecule has 1 saturated carbocycles. The Morgan fingerprint density at radius 2 is 1.94 bits per heavy atom. The Labute approximate surface area is 106 Å². The van der Waals surface area contributed by atoms with E-state index in [4.69, 9.17) is 5.73 Å². The van der Waals surface area contributed by atoms with Gasteiger partial charge in [0, 0.05) is 5.54 Å². The molecule has 0 unspecified atom stereocenters. The lowest BCUT2D eigenvalue weighted by atomic mass is 10.0. The predicted molar refractivity (Wildman–Crippen MR) is 68.0 cm³/mol. The van der Waals surface area contributed by atoms with E-state index < -0.39 is 21.4 Å². The van der Waals surface area contributed by atoms with Gasteiger partial charge in [-0.3, -0.25) is 0 Å². The summed E-state index contributed by atoms with van der Waals surface area (Å²) < 4.78 is 40.1. The second-order valence-corrected chi connectivity index (χ2v) is 6.74. The molecule has 0 atom stereocenters. The average molecular weight is 272 g/mol. The van der Waals surface area contributed by atoms with Crippen LogP contribution in [0.15, 0.2) is 23.1 Å². The topological polar surface area (TPSA) is 72.2 Å². The van der Waals surface area contributed by atoms with Crippen LogP contribution in [0.1, 0.15) is 32.6 Å². The van der Waals surface area contributed by atoms with Gasteiger partial charge < -0.3 is 5.73 Å². The van der Waals surface area contributed by atoms with Gasteiger partial charge in [-0.2, -0.15) is 0 Å². The molecule has 4 nitrogen and oxygen atoms in total. The zero-order chi connectivity index (χ0) is 13.4. The molecular weight excluding hydrogens is 255 g/mol. The van der Waals surface area contributed by atoms with Crippen molar-refractivity contribution in [2.24, 2.45) is 0 Å². The van der Waals surface area contributed by atoms with Gasteiger partial charge in [0.15, 0.2) is 0 Å². The first-order valence-corrected chi connectivity index (χ1v) is 7.40. The van der Waals surface area contributed by atoms with Gasteiger partial charge in [0.05, 0.1) is 10.6 Å². The summed E-state index contributed by atoms with van der Waals surface area (Å²) in [5.41, 5.74) is 4.83. The number of anilines is 1. The van der Waals surface area contributed by atoms with Crippen LogP contribution in [0.2, 0.25) is 0 Å². The Balaban J connectivity index is 2.27. The summed E-state index contributed by atoms with van der Waals surface area (Å²) in [5, 5.41) is 0. The first-order chi connectivity index (χ1) is 8.32. The monoisotopic (exact) mass is 272 g/mol. The van der Waals surface area contributed by atoms with E-state index in [0.717, 1.165) is 37.8 Å². The Bertz CT molecular complexity index is 551. The highest BCUT2D eigenvalue weighted by molar-refractivity contribution is 7.89. The van der Waals surface area contributed by atoms with Gasteiger partial charge in [-0.05, 0) is 38.0 Å². The second-order valence-electron chi connectivity index (χ2n) is 5.06. The maximum Gasteiger partial charge on any atom is 0.241 e. The quantitative estimate of drug-likeness (QED) is 0.827. The molecule has 100 valence electrons. The van der Waals surface area contributed by atoms with Crippen LogP contribution in [0.4, 0.5) is 10.1 Å². The van der Waals surface area contributed by atoms with Crippen molar-refractivity contribution >= 4 is 15.7 Å². The average Bonchev–Trinajstić information content (AvgIpc) is 2.67. The minimum atomic E-state index is -3.64. The van der Waals surface area contributed by atoms with Gasteiger partial charge in [-0.25, -0.2) is 17.5 Å². The van der Waals surface area contributed by atoms with Crippen molar-refractivity contribution in [2.45, 2.75) is 43.0 Å². The van der Waals surface area contributed by atoms with Crippen molar-refractivity contribution in [2.75, 3.05) is 5.73 Å². The molecule has 1 aliphatic carbocycles. The molecule has 1 aromatic carbocycles.